The molecule has 2 aliphatic heterocycles. The minimum atomic E-state index is -0.323. The van der Waals surface area contributed by atoms with Gasteiger partial charge in [0, 0.05) is 24.9 Å². The molecule has 3 aromatic rings. The number of fused-ring (bicyclic) bond motifs is 1. The summed E-state index contributed by atoms with van der Waals surface area (Å²) >= 11 is 0. The molecule has 2 aliphatic rings. The number of carbonyl (C=O) groups is 1. The Labute approximate surface area is 178 Å². The predicted molar refractivity (Wildman–Crippen MR) is 109 cm³/mol. The standard InChI is InChI=1S/C23H22FN3O4/c24-17-6-3-15(4-7-17)23-25-21(31-26-23)9-10-22(28)27-11-1-2-18(27)16-5-8-19-20(14-16)30-13-12-29-19/h3-8,14,18H,1-2,9-13H2/t18-/m1/s1. The van der Waals surface area contributed by atoms with Crippen molar-refractivity contribution in [3.8, 4) is 22.9 Å². The highest BCUT2D eigenvalue weighted by Gasteiger charge is 2.31. The van der Waals surface area contributed by atoms with Crippen LogP contribution in [0.3, 0.4) is 0 Å². The quantitative estimate of drug-likeness (QED) is 0.619. The summed E-state index contributed by atoms with van der Waals surface area (Å²) in [6.07, 6.45) is 2.52. The highest BCUT2D eigenvalue weighted by molar-refractivity contribution is 5.77. The lowest BCUT2D eigenvalue weighted by Crippen LogP contribution is -2.30. The molecule has 3 heterocycles. The van der Waals surface area contributed by atoms with E-state index >= 15 is 0 Å². The monoisotopic (exact) mass is 423 g/mol. The number of halogens is 1. The lowest BCUT2D eigenvalue weighted by molar-refractivity contribution is -0.132. The van der Waals surface area contributed by atoms with Gasteiger partial charge in [0.2, 0.25) is 17.6 Å². The van der Waals surface area contributed by atoms with Crippen LogP contribution in [0.15, 0.2) is 47.0 Å². The van der Waals surface area contributed by atoms with Crippen LogP contribution >= 0.6 is 0 Å². The zero-order valence-electron chi connectivity index (χ0n) is 16.9. The summed E-state index contributed by atoms with van der Waals surface area (Å²) in [6, 6.07) is 11.8. The Balaban J connectivity index is 1.23. The highest BCUT2D eigenvalue weighted by atomic mass is 19.1. The molecular formula is C23H22FN3O4. The molecule has 0 N–H and O–H groups in total. The number of benzene rings is 2. The van der Waals surface area contributed by atoms with E-state index in [4.69, 9.17) is 14.0 Å². The molecule has 0 aliphatic carbocycles. The van der Waals surface area contributed by atoms with E-state index in [2.05, 4.69) is 10.1 Å². The predicted octanol–water partition coefficient (Wildman–Crippen LogP) is 3.94. The number of hydrogen-bond donors (Lipinski definition) is 0. The fourth-order valence-corrected chi connectivity index (χ4v) is 4.11. The van der Waals surface area contributed by atoms with Gasteiger partial charge >= 0.3 is 0 Å². The number of aryl methyl sites for hydroxylation is 1. The average molecular weight is 423 g/mol. The normalized spacial score (nSPS) is 17.7. The second-order valence-electron chi connectivity index (χ2n) is 7.67. The summed E-state index contributed by atoms with van der Waals surface area (Å²) in [6.45, 7) is 1.81. The molecule has 31 heavy (non-hydrogen) atoms. The van der Waals surface area contributed by atoms with E-state index in [9.17, 15) is 9.18 Å². The van der Waals surface area contributed by atoms with Crippen molar-refractivity contribution in [1.29, 1.82) is 0 Å². The third kappa shape index (κ3) is 4.10. The summed E-state index contributed by atoms with van der Waals surface area (Å²) in [5, 5.41) is 3.94. The van der Waals surface area contributed by atoms with Crippen LogP contribution in [0.1, 0.15) is 36.8 Å². The van der Waals surface area contributed by atoms with E-state index in [0.717, 1.165) is 36.4 Å². The van der Waals surface area contributed by atoms with Crippen LogP contribution in [-0.4, -0.2) is 40.7 Å². The summed E-state index contributed by atoms with van der Waals surface area (Å²) in [7, 11) is 0. The Morgan fingerprint density at radius 2 is 1.90 bits per heavy atom. The Morgan fingerprint density at radius 1 is 1.10 bits per heavy atom. The number of nitrogens with zero attached hydrogens (tertiary/aromatic N) is 3. The Kier molecular flexibility index (Phi) is 5.28. The number of rotatable bonds is 5. The van der Waals surface area contributed by atoms with E-state index in [1.54, 1.807) is 12.1 Å². The van der Waals surface area contributed by atoms with Crippen LogP contribution in [0.4, 0.5) is 4.39 Å². The summed E-state index contributed by atoms with van der Waals surface area (Å²) in [5.74, 6) is 2.00. The van der Waals surface area contributed by atoms with Gasteiger partial charge in [-0.15, -0.1) is 0 Å². The number of hydrogen-bond acceptors (Lipinski definition) is 6. The van der Waals surface area contributed by atoms with Gasteiger partial charge < -0.3 is 18.9 Å². The second-order valence-corrected chi connectivity index (χ2v) is 7.67. The first kappa shape index (κ1) is 19.5. The number of amides is 1. The molecule has 2 aromatic carbocycles. The minimum absolute atomic E-state index is 0.0285. The van der Waals surface area contributed by atoms with Crippen LogP contribution in [0, 0.1) is 5.82 Å². The zero-order chi connectivity index (χ0) is 21.2. The molecule has 1 fully saturated rings. The van der Waals surface area contributed by atoms with Gasteiger partial charge in [0.05, 0.1) is 6.04 Å². The van der Waals surface area contributed by atoms with Gasteiger partial charge in [-0.1, -0.05) is 11.2 Å². The van der Waals surface area contributed by atoms with E-state index in [1.165, 1.54) is 12.1 Å². The van der Waals surface area contributed by atoms with Gasteiger partial charge in [0.25, 0.3) is 0 Å². The molecule has 0 bridgehead atoms. The maximum atomic E-state index is 13.1. The maximum absolute atomic E-state index is 13.1. The van der Waals surface area contributed by atoms with E-state index in [0.29, 0.717) is 36.9 Å². The van der Waals surface area contributed by atoms with E-state index < -0.39 is 0 Å². The van der Waals surface area contributed by atoms with Gasteiger partial charge in [0.1, 0.15) is 19.0 Å². The molecule has 1 saturated heterocycles. The van der Waals surface area contributed by atoms with Crippen LogP contribution in [0.5, 0.6) is 11.5 Å². The van der Waals surface area contributed by atoms with Crippen molar-refractivity contribution in [2.24, 2.45) is 0 Å². The van der Waals surface area contributed by atoms with Crippen LogP contribution in [0.2, 0.25) is 0 Å². The van der Waals surface area contributed by atoms with Crippen LogP contribution < -0.4 is 9.47 Å². The molecule has 160 valence electrons. The average Bonchev–Trinajstić information content (AvgIpc) is 3.48. The summed E-state index contributed by atoms with van der Waals surface area (Å²) in [5.41, 5.74) is 1.73. The topological polar surface area (TPSA) is 77.7 Å². The summed E-state index contributed by atoms with van der Waals surface area (Å²) < 4.78 is 29.7. The van der Waals surface area contributed by atoms with Gasteiger partial charge in [-0.25, -0.2) is 4.39 Å². The van der Waals surface area contributed by atoms with Crippen LogP contribution in [0.25, 0.3) is 11.4 Å². The van der Waals surface area contributed by atoms with Crippen LogP contribution in [-0.2, 0) is 11.2 Å². The first-order valence-electron chi connectivity index (χ1n) is 10.4. The van der Waals surface area contributed by atoms with E-state index in [-0.39, 0.29) is 24.2 Å². The Morgan fingerprint density at radius 3 is 2.74 bits per heavy atom. The second kappa shape index (κ2) is 8.37. The number of aromatic nitrogens is 2. The maximum Gasteiger partial charge on any atom is 0.227 e. The number of likely N-dealkylation sites (tertiary alicyclic amines) is 1. The molecule has 0 unspecified atom stereocenters. The van der Waals surface area contributed by atoms with Crippen molar-refractivity contribution in [1.82, 2.24) is 15.0 Å². The lowest BCUT2D eigenvalue weighted by atomic mass is 10.0. The highest BCUT2D eigenvalue weighted by Crippen LogP contribution is 2.38. The molecule has 1 atom stereocenters. The Hall–Kier alpha value is -3.42. The zero-order valence-corrected chi connectivity index (χ0v) is 16.9. The first-order chi connectivity index (χ1) is 15.2. The fourth-order valence-electron chi connectivity index (χ4n) is 4.11. The molecule has 0 spiro atoms. The summed E-state index contributed by atoms with van der Waals surface area (Å²) in [4.78, 5) is 19.2. The number of ether oxygens (including phenoxy) is 2. The smallest absolute Gasteiger partial charge is 0.227 e. The van der Waals surface area contributed by atoms with Gasteiger partial charge in [-0.05, 0) is 54.8 Å². The van der Waals surface area contributed by atoms with E-state index in [1.807, 2.05) is 23.1 Å². The molecular weight excluding hydrogens is 401 g/mol. The third-order valence-corrected chi connectivity index (χ3v) is 5.65. The van der Waals surface area contributed by atoms with Crippen molar-refractivity contribution in [2.75, 3.05) is 19.8 Å². The molecule has 5 rings (SSSR count). The Bertz CT molecular complexity index is 1080. The largest absolute Gasteiger partial charge is 0.486 e. The third-order valence-electron chi connectivity index (χ3n) is 5.65. The van der Waals surface area contributed by atoms with Gasteiger partial charge in [-0.2, -0.15) is 4.98 Å². The minimum Gasteiger partial charge on any atom is -0.486 e. The molecule has 8 heteroatoms. The molecule has 7 nitrogen and oxygen atoms in total. The lowest BCUT2D eigenvalue weighted by Gasteiger charge is -2.26. The van der Waals surface area contributed by atoms with Gasteiger partial charge in [-0.3, -0.25) is 4.79 Å². The molecule has 1 amide bonds. The van der Waals surface area contributed by atoms with Crippen molar-refractivity contribution < 1.29 is 23.2 Å². The van der Waals surface area contributed by atoms with Gasteiger partial charge in [0.15, 0.2) is 11.5 Å². The molecule has 0 radical (unpaired) electrons. The first-order valence-corrected chi connectivity index (χ1v) is 10.4. The van der Waals surface area contributed by atoms with Crippen molar-refractivity contribution in [2.45, 2.75) is 31.7 Å². The molecule has 0 saturated carbocycles. The SMILES string of the molecule is O=C(CCc1nc(-c2ccc(F)cc2)no1)N1CCC[C@@H]1c1ccc2c(c1)OCCO2. The van der Waals surface area contributed by atoms with Crippen molar-refractivity contribution >= 4 is 5.91 Å². The van der Waals surface area contributed by atoms with Crippen molar-refractivity contribution in [3.05, 3.63) is 59.7 Å². The number of carbonyl (C=O) groups excluding carboxylic acids is 1. The fraction of sp³-hybridized carbons (Fsp3) is 0.348. The molecule has 1 aromatic heterocycles. The van der Waals surface area contributed by atoms with Crippen molar-refractivity contribution in [3.63, 3.8) is 0 Å².